The molecule has 0 spiro atoms. The van der Waals surface area contributed by atoms with Crippen LogP contribution in [0.25, 0.3) is 0 Å². The Hall–Kier alpha value is -0.900. The van der Waals surface area contributed by atoms with Crippen LogP contribution in [0.15, 0.2) is 30.3 Å². The zero-order chi connectivity index (χ0) is 14.5. The summed E-state index contributed by atoms with van der Waals surface area (Å²) >= 11 is 0. The highest BCUT2D eigenvalue weighted by Crippen LogP contribution is 2.24. The first-order valence-electron chi connectivity index (χ1n) is 8.49. The number of aliphatic hydroxyl groups is 1. The molecule has 0 amide bonds. The molecule has 0 aliphatic carbocycles. The molecule has 2 atom stereocenters. The van der Waals surface area contributed by atoms with Gasteiger partial charge in [-0.15, -0.1) is 0 Å². The lowest BCUT2D eigenvalue weighted by Crippen LogP contribution is -2.48. The van der Waals surface area contributed by atoms with Crippen LogP contribution < -0.4 is 0 Å². The van der Waals surface area contributed by atoms with E-state index < -0.39 is 0 Å². The van der Waals surface area contributed by atoms with Gasteiger partial charge in [-0.05, 0) is 44.3 Å². The summed E-state index contributed by atoms with van der Waals surface area (Å²) < 4.78 is 0. The van der Waals surface area contributed by atoms with Crippen molar-refractivity contribution < 1.29 is 5.11 Å². The van der Waals surface area contributed by atoms with Crippen molar-refractivity contribution in [1.82, 2.24) is 9.80 Å². The Morgan fingerprint density at radius 2 is 1.67 bits per heavy atom. The number of piperidine rings is 1. The topological polar surface area (TPSA) is 26.7 Å². The van der Waals surface area contributed by atoms with Gasteiger partial charge in [-0.25, -0.2) is 0 Å². The lowest BCUT2D eigenvalue weighted by atomic mass is 10.00. The molecule has 2 heterocycles. The number of rotatable bonds is 5. The number of aliphatic hydroxyl groups excluding tert-OH is 1. The Labute approximate surface area is 128 Å². The molecule has 1 aromatic carbocycles. The fourth-order valence-corrected chi connectivity index (χ4v) is 3.91. The summed E-state index contributed by atoms with van der Waals surface area (Å²) in [6, 6.07) is 11.9. The van der Waals surface area contributed by atoms with Crippen molar-refractivity contribution in [2.45, 2.75) is 50.7 Å². The molecule has 0 bridgehead atoms. The van der Waals surface area contributed by atoms with E-state index >= 15 is 0 Å². The van der Waals surface area contributed by atoms with Crippen LogP contribution in [-0.4, -0.2) is 53.2 Å². The third-order valence-corrected chi connectivity index (χ3v) is 5.13. The Morgan fingerprint density at radius 1 is 0.905 bits per heavy atom. The van der Waals surface area contributed by atoms with E-state index in [1.807, 2.05) is 0 Å². The molecule has 116 valence electrons. The third-order valence-electron chi connectivity index (χ3n) is 5.13. The monoisotopic (exact) mass is 288 g/mol. The molecule has 3 heteroatoms. The molecule has 2 fully saturated rings. The predicted octanol–water partition coefficient (Wildman–Crippen LogP) is 2.50. The molecule has 2 saturated heterocycles. The molecule has 1 N–H and O–H groups in total. The maximum Gasteiger partial charge on any atom is 0.0586 e. The zero-order valence-corrected chi connectivity index (χ0v) is 13.0. The Balaban J connectivity index is 1.61. The highest BCUT2D eigenvalue weighted by molar-refractivity contribution is 5.14. The minimum Gasteiger partial charge on any atom is -0.395 e. The van der Waals surface area contributed by atoms with Crippen molar-refractivity contribution in [3.8, 4) is 0 Å². The molecule has 3 nitrogen and oxygen atoms in total. The minimum absolute atomic E-state index is 0.325. The summed E-state index contributed by atoms with van der Waals surface area (Å²) in [5.41, 5.74) is 1.42. The smallest absolute Gasteiger partial charge is 0.0586 e. The number of nitrogens with zero attached hydrogens (tertiary/aromatic N) is 2. The normalized spacial score (nSPS) is 28.0. The van der Waals surface area contributed by atoms with E-state index in [0.29, 0.717) is 18.7 Å². The number of hydrogen-bond acceptors (Lipinski definition) is 3. The van der Waals surface area contributed by atoms with Crippen LogP contribution in [0.5, 0.6) is 0 Å². The number of benzene rings is 1. The first kappa shape index (κ1) is 15.0. The highest BCUT2D eigenvalue weighted by atomic mass is 16.3. The fraction of sp³-hybridized carbons (Fsp3) is 0.667. The summed E-state index contributed by atoms with van der Waals surface area (Å²) in [7, 11) is 0. The van der Waals surface area contributed by atoms with E-state index in [-0.39, 0.29) is 0 Å². The second kappa shape index (κ2) is 7.39. The molecule has 3 rings (SSSR count). The van der Waals surface area contributed by atoms with Crippen molar-refractivity contribution in [2.24, 2.45) is 0 Å². The first-order valence-corrected chi connectivity index (χ1v) is 8.49. The van der Waals surface area contributed by atoms with E-state index in [1.54, 1.807) is 0 Å². The average molecular weight is 288 g/mol. The molecule has 0 aromatic heterocycles. The number of hydrogen-bond donors (Lipinski definition) is 1. The summed E-state index contributed by atoms with van der Waals surface area (Å²) in [6.45, 7) is 4.92. The second-order valence-electron chi connectivity index (χ2n) is 6.58. The SMILES string of the molecule is OC[C@@H]1CCCN1C[C@H]1CCCCN1Cc1ccccc1. The van der Waals surface area contributed by atoms with Gasteiger partial charge in [0.1, 0.15) is 0 Å². The van der Waals surface area contributed by atoms with Gasteiger partial charge in [-0.1, -0.05) is 36.8 Å². The van der Waals surface area contributed by atoms with Gasteiger partial charge in [0.2, 0.25) is 0 Å². The lowest BCUT2D eigenvalue weighted by molar-refractivity contribution is 0.0779. The van der Waals surface area contributed by atoms with Crippen LogP contribution in [0.3, 0.4) is 0 Å². The van der Waals surface area contributed by atoms with E-state index in [1.165, 1.54) is 50.8 Å². The van der Waals surface area contributed by atoms with Crippen LogP contribution in [0, 0.1) is 0 Å². The van der Waals surface area contributed by atoms with E-state index in [0.717, 1.165) is 13.1 Å². The van der Waals surface area contributed by atoms with Crippen molar-refractivity contribution in [2.75, 3.05) is 26.2 Å². The van der Waals surface area contributed by atoms with E-state index in [2.05, 4.69) is 40.1 Å². The maximum absolute atomic E-state index is 9.51. The Bertz CT molecular complexity index is 422. The van der Waals surface area contributed by atoms with Crippen LogP contribution in [0.4, 0.5) is 0 Å². The number of likely N-dealkylation sites (tertiary alicyclic amines) is 2. The Kier molecular flexibility index (Phi) is 5.28. The standard InChI is InChI=1S/C18H28N2O/c21-15-18-10-6-12-20(18)14-17-9-4-5-11-19(17)13-16-7-2-1-3-8-16/h1-3,7-8,17-18,21H,4-6,9-15H2/t17-,18+/m1/s1. The molecule has 0 radical (unpaired) electrons. The predicted molar refractivity (Wildman–Crippen MR) is 86.2 cm³/mol. The quantitative estimate of drug-likeness (QED) is 0.902. The van der Waals surface area contributed by atoms with Crippen LogP contribution in [0.1, 0.15) is 37.7 Å². The van der Waals surface area contributed by atoms with Crippen molar-refractivity contribution in [1.29, 1.82) is 0 Å². The molecule has 2 aliphatic heterocycles. The first-order chi connectivity index (χ1) is 10.4. The lowest BCUT2D eigenvalue weighted by Gasteiger charge is -2.39. The fourth-order valence-electron chi connectivity index (χ4n) is 3.91. The highest BCUT2D eigenvalue weighted by Gasteiger charge is 2.29. The molecule has 0 unspecified atom stereocenters. The second-order valence-corrected chi connectivity index (χ2v) is 6.58. The average Bonchev–Trinajstić information content (AvgIpc) is 2.97. The van der Waals surface area contributed by atoms with Crippen molar-refractivity contribution in [3.63, 3.8) is 0 Å². The summed E-state index contributed by atoms with van der Waals surface area (Å²) in [5.74, 6) is 0. The van der Waals surface area contributed by atoms with Gasteiger partial charge in [0.25, 0.3) is 0 Å². The van der Waals surface area contributed by atoms with Crippen molar-refractivity contribution in [3.05, 3.63) is 35.9 Å². The molecule has 2 aliphatic rings. The third kappa shape index (κ3) is 3.85. The van der Waals surface area contributed by atoms with Crippen LogP contribution >= 0.6 is 0 Å². The van der Waals surface area contributed by atoms with Gasteiger partial charge < -0.3 is 5.11 Å². The zero-order valence-electron chi connectivity index (χ0n) is 13.0. The summed E-state index contributed by atoms with van der Waals surface area (Å²) in [6.07, 6.45) is 6.40. The minimum atomic E-state index is 0.325. The van der Waals surface area contributed by atoms with Gasteiger partial charge in [0.15, 0.2) is 0 Å². The molecule has 1 aromatic rings. The van der Waals surface area contributed by atoms with Gasteiger partial charge >= 0.3 is 0 Å². The van der Waals surface area contributed by atoms with Gasteiger partial charge in [0, 0.05) is 25.2 Å². The van der Waals surface area contributed by atoms with Crippen molar-refractivity contribution >= 4 is 0 Å². The molecule has 0 saturated carbocycles. The Morgan fingerprint density at radius 3 is 2.48 bits per heavy atom. The summed E-state index contributed by atoms with van der Waals surface area (Å²) in [4.78, 5) is 5.18. The van der Waals surface area contributed by atoms with E-state index in [9.17, 15) is 5.11 Å². The molecular formula is C18H28N2O. The maximum atomic E-state index is 9.51. The van der Waals surface area contributed by atoms with Gasteiger partial charge in [-0.3, -0.25) is 9.80 Å². The van der Waals surface area contributed by atoms with Crippen LogP contribution in [0.2, 0.25) is 0 Å². The summed E-state index contributed by atoms with van der Waals surface area (Å²) in [5, 5.41) is 9.51. The largest absolute Gasteiger partial charge is 0.395 e. The molecule has 21 heavy (non-hydrogen) atoms. The molecular weight excluding hydrogens is 260 g/mol. The van der Waals surface area contributed by atoms with E-state index in [4.69, 9.17) is 0 Å². The van der Waals surface area contributed by atoms with Crippen LogP contribution in [-0.2, 0) is 6.54 Å². The van der Waals surface area contributed by atoms with Gasteiger partial charge in [-0.2, -0.15) is 0 Å². The van der Waals surface area contributed by atoms with Gasteiger partial charge in [0.05, 0.1) is 6.61 Å².